The van der Waals surface area contributed by atoms with Crippen LogP contribution < -0.4 is 10.5 Å². The molecule has 0 saturated heterocycles. The van der Waals surface area contributed by atoms with Gasteiger partial charge in [0.2, 0.25) is 11.8 Å². The number of nitrogens with two attached hydrogens (primary N) is 1. The van der Waals surface area contributed by atoms with Gasteiger partial charge in [0.25, 0.3) is 5.88 Å². The van der Waals surface area contributed by atoms with E-state index < -0.39 is 5.82 Å². The van der Waals surface area contributed by atoms with Gasteiger partial charge < -0.3 is 10.5 Å². The van der Waals surface area contributed by atoms with E-state index in [9.17, 15) is 4.39 Å². The maximum absolute atomic E-state index is 13.4. The minimum atomic E-state index is -0.740. The average molecular weight is 272 g/mol. The Morgan fingerprint density at radius 2 is 1.95 bits per heavy atom. The largest absolute Gasteiger partial charge is 0.401 e. The summed E-state index contributed by atoms with van der Waals surface area (Å²) in [6.45, 7) is 0. The van der Waals surface area contributed by atoms with Crippen LogP contribution in [-0.4, -0.2) is 24.7 Å². The standard InChI is InChI=1S/C12H9FN6O/c13-9-6-15-11(14)17-10(9)20-12-16-7-19(18-12)8-4-2-1-3-5-8/h1-7H,(H2,14,15,17). The number of nitrogens with zero attached hydrogens (tertiary/aromatic N) is 5. The Morgan fingerprint density at radius 1 is 1.15 bits per heavy atom. The highest BCUT2D eigenvalue weighted by Gasteiger charge is 2.11. The quantitative estimate of drug-likeness (QED) is 0.778. The lowest BCUT2D eigenvalue weighted by Gasteiger charge is -2.01. The van der Waals surface area contributed by atoms with E-state index in [0.29, 0.717) is 0 Å². The zero-order valence-electron chi connectivity index (χ0n) is 10.1. The van der Waals surface area contributed by atoms with Crippen molar-refractivity contribution in [2.45, 2.75) is 0 Å². The fourth-order valence-electron chi connectivity index (χ4n) is 1.52. The van der Waals surface area contributed by atoms with Crippen molar-refractivity contribution in [3.8, 4) is 17.6 Å². The second-order valence-corrected chi connectivity index (χ2v) is 3.79. The molecule has 3 aromatic rings. The summed E-state index contributed by atoms with van der Waals surface area (Å²) in [5.41, 5.74) is 6.17. The van der Waals surface area contributed by atoms with Crippen molar-refractivity contribution in [2.75, 3.05) is 5.73 Å². The SMILES string of the molecule is Nc1ncc(F)c(Oc2ncn(-c3ccccc3)n2)n1. The molecule has 100 valence electrons. The number of rotatable bonds is 3. The molecular weight excluding hydrogens is 263 g/mol. The molecule has 0 aliphatic heterocycles. The van der Waals surface area contributed by atoms with Crippen molar-refractivity contribution < 1.29 is 9.13 Å². The fraction of sp³-hybridized carbons (Fsp3) is 0. The molecule has 3 rings (SSSR count). The number of halogens is 1. The van der Waals surface area contributed by atoms with Crippen molar-refractivity contribution in [2.24, 2.45) is 0 Å². The Morgan fingerprint density at radius 3 is 2.75 bits per heavy atom. The first-order chi connectivity index (χ1) is 9.72. The average Bonchev–Trinajstić information content (AvgIpc) is 2.92. The van der Waals surface area contributed by atoms with E-state index in [4.69, 9.17) is 10.5 Å². The summed E-state index contributed by atoms with van der Waals surface area (Å²) in [5.74, 6) is -1.15. The Hall–Kier alpha value is -3.03. The summed E-state index contributed by atoms with van der Waals surface area (Å²) >= 11 is 0. The highest BCUT2D eigenvalue weighted by atomic mass is 19.1. The van der Waals surface area contributed by atoms with Crippen LogP contribution in [0.3, 0.4) is 0 Å². The number of ether oxygens (including phenoxy) is 1. The van der Waals surface area contributed by atoms with Crippen LogP contribution in [0.1, 0.15) is 0 Å². The summed E-state index contributed by atoms with van der Waals surface area (Å²) in [6, 6.07) is 9.27. The molecular formula is C12H9FN6O. The van der Waals surface area contributed by atoms with E-state index in [1.54, 1.807) is 0 Å². The Labute approximate surface area is 112 Å². The summed E-state index contributed by atoms with van der Waals surface area (Å²) in [7, 11) is 0. The van der Waals surface area contributed by atoms with E-state index >= 15 is 0 Å². The van der Waals surface area contributed by atoms with Crippen LogP contribution in [0.25, 0.3) is 5.69 Å². The zero-order chi connectivity index (χ0) is 13.9. The van der Waals surface area contributed by atoms with Crippen LogP contribution in [0.5, 0.6) is 11.9 Å². The molecule has 1 aromatic carbocycles. The van der Waals surface area contributed by atoms with Crippen LogP contribution in [-0.2, 0) is 0 Å². The van der Waals surface area contributed by atoms with Crippen molar-refractivity contribution in [1.82, 2.24) is 24.7 Å². The highest BCUT2D eigenvalue weighted by Crippen LogP contribution is 2.19. The molecule has 2 N–H and O–H groups in total. The van der Waals surface area contributed by atoms with Crippen LogP contribution in [0.15, 0.2) is 42.9 Å². The predicted molar refractivity (Wildman–Crippen MR) is 67.8 cm³/mol. The van der Waals surface area contributed by atoms with Crippen molar-refractivity contribution in [3.63, 3.8) is 0 Å². The highest BCUT2D eigenvalue weighted by molar-refractivity contribution is 5.30. The molecule has 0 amide bonds. The van der Waals surface area contributed by atoms with E-state index in [-0.39, 0.29) is 17.8 Å². The minimum absolute atomic E-state index is 0.0362. The van der Waals surface area contributed by atoms with E-state index in [0.717, 1.165) is 11.9 Å². The number of aromatic nitrogens is 5. The van der Waals surface area contributed by atoms with Gasteiger partial charge in [0, 0.05) is 0 Å². The summed E-state index contributed by atoms with van der Waals surface area (Å²) in [6.07, 6.45) is 2.37. The molecule has 0 spiro atoms. The van der Waals surface area contributed by atoms with E-state index in [1.165, 1.54) is 11.0 Å². The molecule has 0 fully saturated rings. The van der Waals surface area contributed by atoms with Crippen molar-refractivity contribution in [3.05, 3.63) is 48.7 Å². The van der Waals surface area contributed by atoms with Gasteiger partial charge in [-0.1, -0.05) is 18.2 Å². The molecule has 7 nitrogen and oxygen atoms in total. The van der Waals surface area contributed by atoms with Crippen molar-refractivity contribution in [1.29, 1.82) is 0 Å². The molecule has 2 aromatic heterocycles. The van der Waals surface area contributed by atoms with Gasteiger partial charge in [-0.15, -0.1) is 5.10 Å². The first kappa shape index (κ1) is 12.0. The fourth-order valence-corrected chi connectivity index (χ4v) is 1.52. The molecule has 0 aliphatic rings. The molecule has 0 bridgehead atoms. The van der Waals surface area contributed by atoms with Crippen LogP contribution in [0.2, 0.25) is 0 Å². The molecule has 0 atom stereocenters. The lowest BCUT2D eigenvalue weighted by Crippen LogP contribution is -2.00. The smallest absolute Gasteiger partial charge is 0.342 e. The first-order valence-electron chi connectivity index (χ1n) is 5.65. The van der Waals surface area contributed by atoms with Gasteiger partial charge >= 0.3 is 6.01 Å². The van der Waals surface area contributed by atoms with Gasteiger partial charge in [-0.3, -0.25) is 0 Å². The Balaban J connectivity index is 1.86. The normalized spacial score (nSPS) is 10.4. The third-order valence-corrected chi connectivity index (χ3v) is 2.41. The van der Waals surface area contributed by atoms with Gasteiger partial charge in [-0.25, -0.2) is 9.67 Å². The molecule has 8 heteroatoms. The first-order valence-corrected chi connectivity index (χ1v) is 5.65. The monoisotopic (exact) mass is 272 g/mol. The second kappa shape index (κ2) is 4.92. The number of anilines is 1. The minimum Gasteiger partial charge on any atom is -0.401 e. The lowest BCUT2D eigenvalue weighted by atomic mass is 10.3. The van der Waals surface area contributed by atoms with Gasteiger partial charge in [0.15, 0.2) is 0 Å². The van der Waals surface area contributed by atoms with Crippen LogP contribution in [0.4, 0.5) is 10.3 Å². The number of nitrogen functional groups attached to an aromatic ring is 1. The number of hydrogen-bond acceptors (Lipinski definition) is 6. The molecule has 0 saturated carbocycles. The Bertz CT molecular complexity index is 730. The molecule has 0 radical (unpaired) electrons. The Kier molecular flexibility index (Phi) is 2.96. The van der Waals surface area contributed by atoms with Crippen LogP contribution in [0, 0.1) is 5.82 Å². The summed E-state index contributed by atoms with van der Waals surface area (Å²) in [5, 5.41) is 4.06. The molecule has 20 heavy (non-hydrogen) atoms. The third kappa shape index (κ3) is 2.39. The van der Waals surface area contributed by atoms with Gasteiger partial charge in [-0.05, 0) is 12.1 Å². The zero-order valence-corrected chi connectivity index (χ0v) is 10.1. The van der Waals surface area contributed by atoms with Gasteiger partial charge in [0.05, 0.1) is 11.9 Å². The maximum atomic E-state index is 13.4. The van der Waals surface area contributed by atoms with Gasteiger partial charge in [0.1, 0.15) is 6.33 Å². The van der Waals surface area contributed by atoms with Crippen molar-refractivity contribution >= 4 is 5.95 Å². The molecule has 0 aliphatic carbocycles. The molecule has 2 heterocycles. The third-order valence-electron chi connectivity index (χ3n) is 2.41. The maximum Gasteiger partial charge on any atom is 0.342 e. The predicted octanol–water partition coefficient (Wildman–Crippen LogP) is 1.57. The van der Waals surface area contributed by atoms with Crippen LogP contribution >= 0.6 is 0 Å². The summed E-state index contributed by atoms with van der Waals surface area (Å²) in [4.78, 5) is 11.0. The number of hydrogen-bond donors (Lipinski definition) is 1. The lowest BCUT2D eigenvalue weighted by molar-refractivity contribution is 0.392. The number of para-hydroxylation sites is 1. The van der Waals surface area contributed by atoms with Gasteiger partial charge in [-0.2, -0.15) is 14.4 Å². The number of benzene rings is 1. The second-order valence-electron chi connectivity index (χ2n) is 3.79. The van der Waals surface area contributed by atoms with E-state index in [1.807, 2.05) is 30.3 Å². The topological polar surface area (TPSA) is 91.7 Å². The summed E-state index contributed by atoms with van der Waals surface area (Å²) < 4.78 is 20.1. The molecule has 0 unspecified atom stereocenters. The van der Waals surface area contributed by atoms with E-state index in [2.05, 4.69) is 20.1 Å².